The molecule has 170 valence electrons. The minimum absolute atomic E-state index is 0.0330. The van der Waals surface area contributed by atoms with Crippen molar-refractivity contribution in [1.29, 1.82) is 0 Å². The van der Waals surface area contributed by atoms with Crippen molar-refractivity contribution in [2.24, 2.45) is 17.8 Å². The second-order valence-corrected chi connectivity index (χ2v) is 10.4. The van der Waals surface area contributed by atoms with Crippen LogP contribution in [-0.4, -0.2) is 36.9 Å². The summed E-state index contributed by atoms with van der Waals surface area (Å²) < 4.78 is 3.63. The Bertz CT molecular complexity index is 1200. The first-order valence-electron chi connectivity index (χ1n) is 11.9. The van der Waals surface area contributed by atoms with Crippen LogP contribution in [0, 0.1) is 17.8 Å². The van der Waals surface area contributed by atoms with Gasteiger partial charge in [-0.25, -0.2) is 0 Å². The minimum atomic E-state index is -0.0390. The van der Waals surface area contributed by atoms with Crippen LogP contribution >= 0.6 is 11.8 Å². The van der Waals surface area contributed by atoms with Crippen molar-refractivity contribution in [3.63, 3.8) is 0 Å². The number of hydrogen-bond donors (Lipinski definition) is 1. The number of amides is 1. The Labute approximate surface area is 192 Å². The monoisotopic (exact) mass is 453 g/mol. The molecule has 0 radical (unpaired) electrons. The van der Waals surface area contributed by atoms with E-state index in [0.29, 0.717) is 28.8 Å². The fourth-order valence-electron chi connectivity index (χ4n) is 5.78. The third-order valence-electron chi connectivity index (χ3n) is 7.37. The number of benzene rings is 1. The molecule has 1 aromatic carbocycles. The second-order valence-electron chi connectivity index (χ2n) is 9.43. The lowest BCUT2D eigenvalue weighted by Gasteiger charge is -2.28. The van der Waals surface area contributed by atoms with Gasteiger partial charge in [0.1, 0.15) is 0 Å². The Kier molecular flexibility index (Phi) is 5.97. The van der Waals surface area contributed by atoms with E-state index in [1.807, 2.05) is 28.7 Å². The Morgan fingerprint density at radius 3 is 2.84 bits per heavy atom. The lowest BCUT2D eigenvalue weighted by Crippen LogP contribution is -2.40. The lowest BCUT2D eigenvalue weighted by molar-refractivity contribution is -0.119. The first kappa shape index (κ1) is 21.5. The van der Waals surface area contributed by atoms with Crippen LogP contribution in [0.4, 0.5) is 0 Å². The van der Waals surface area contributed by atoms with Crippen molar-refractivity contribution in [2.45, 2.75) is 70.1 Å². The smallest absolute Gasteiger partial charge is 0.262 e. The van der Waals surface area contributed by atoms with Crippen LogP contribution in [0.5, 0.6) is 0 Å². The highest BCUT2D eigenvalue weighted by atomic mass is 32.2. The molecule has 3 aromatic rings. The summed E-state index contributed by atoms with van der Waals surface area (Å²) in [6.45, 7) is 4.86. The van der Waals surface area contributed by atoms with Crippen molar-refractivity contribution in [3.8, 4) is 0 Å². The van der Waals surface area contributed by atoms with Crippen molar-refractivity contribution < 1.29 is 4.79 Å². The molecule has 2 aliphatic rings. The molecule has 1 amide bonds. The summed E-state index contributed by atoms with van der Waals surface area (Å²) >= 11 is 1.38. The van der Waals surface area contributed by atoms with E-state index >= 15 is 0 Å². The number of hydrogen-bond acceptors (Lipinski definition) is 5. The summed E-state index contributed by atoms with van der Waals surface area (Å²) in [6.07, 6.45) is 7.18. The molecule has 8 heteroatoms. The van der Waals surface area contributed by atoms with Crippen LogP contribution in [0.15, 0.2) is 34.2 Å². The zero-order valence-electron chi connectivity index (χ0n) is 18.8. The first-order valence-corrected chi connectivity index (χ1v) is 12.8. The van der Waals surface area contributed by atoms with Gasteiger partial charge in [-0.05, 0) is 62.5 Å². The average Bonchev–Trinajstić information content (AvgIpc) is 3.53. The predicted octanol–water partition coefficient (Wildman–Crippen LogP) is 3.88. The number of unbranched alkanes of at least 4 members (excludes halogenated alkanes) is 1. The molecule has 2 saturated carbocycles. The molecule has 2 aromatic heterocycles. The Hall–Kier alpha value is -2.35. The molecule has 32 heavy (non-hydrogen) atoms. The van der Waals surface area contributed by atoms with Gasteiger partial charge in [0.25, 0.3) is 5.56 Å². The van der Waals surface area contributed by atoms with Crippen molar-refractivity contribution in [3.05, 3.63) is 34.6 Å². The van der Waals surface area contributed by atoms with E-state index in [1.165, 1.54) is 37.4 Å². The highest BCUT2D eigenvalue weighted by molar-refractivity contribution is 7.99. The van der Waals surface area contributed by atoms with Crippen molar-refractivity contribution >= 4 is 34.3 Å². The molecule has 2 fully saturated rings. The maximum atomic E-state index is 13.0. The van der Waals surface area contributed by atoms with E-state index < -0.39 is 0 Å². The number of fused-ring (bicyclic) bond motifs is 5. The summed E-state index contributed by atoms with van der Waals surface area (Å²) in [5.74, 6) is 3.14. The van der Waals surface area contributed by atoms with Gasteiger partial charge in [0.05, 0.1) is 16.7 Å². The summed E-state index contributed by atoms with van der Waals surface area (Å²) in [7, 11) is 0. The van der Waals surface area contributed by atoms with Gasteiger partial charge in [-0.15, -0.1) is 10.2 Å². The summed E-state index contributed by atoms with van der Waals surface area (Å²) in [5, 5.41) is 13.2. The average molecular weight is 454 g/mol. The molecule has 1 N–H and O–H groups in total. The standard InChI is InChI=1S/C24H31N5O2S/c1-3-4-11-28-22(31)18-7-5-6-8-20(18)29-23(28)26-27-24(29)32-14-21(30)25-15(2)19-13-16-9-10-17(19)12-16/h5-8,15-17,19H,3-4,9-14H2,1-2H3,(H,25,30). The zero-order valence-corrected chi connectivity index (χ0v) is 19.6. The van der Waals surface area contributed by atoms with Crippen LogP contribution in [0.25, 0.3) is 16.7 Å². The molecular weight excluding hydrogens is 422 g/mol. The van der Waals surface area contributed by atoms with Gasteiger partial charge >= 0.3 is 0 Å². The Balaban J connectivity index is 1.36. The molecule has 0 aliphatic heterocycles. The largest absolute Gasteiger partial charge is 0.353 e. The molecule has 7 nitrogen and oxygen atoms in total. The highest BCUT2D eigenvalue weighted by Gasteiger charge is 2.42. The van der Waals surface area contributed by atoms with E-state index in [0.717, 1.165) is 30.2 Å². The van der Waals surface area contributed by atoms with Crippen LogP contribution in [-0.2, 0) is 11.3 Å². The first-order chi connectivity index (χ1) is 15.6. The number of carbonyl (C=O) groups excluding carboxylic acids is 1. The molecule has 2 heterocycles. The summed E-state index contributed by atoms with van der Waals surface area (Å²) in [5.41, 5.74) is 0.742. The van der Waals surface area contributed by atoms with Gasteiger partial charge in [0.15, 0.2) is 5.16 Å². The quantitative estimate of drug-likeness (QED) is 0.524. The summed E-state index contributed by atoms with van der Waals surface area (Å²) in [6, 6.07) is 7.77. The maximum Gasteiger partial charge on any atom is 0.262 e. The fraction of sp³-hybridized carbons (Fsp3) is 0.583. The zero-order chi connectivity index (χ0) is 22.2. The molecule has 0 saturated heterocycles. The molecule has 4 unspecified atom stereocenters. The highest BCUT2D eigenvalue weighted by Crippen LogP contribution is 2.49. The number of rotatable bonds is 8. The second kappa shape index (κ2) is 8.89. The molecule has 4 atom stereocenters. The molecule has 2 aliphatic carbocycles. The fourth-order valence-corrected chi connectivity index (χ4v) is 6.54. The third kappa shape index (κ3) is 3.83. The van der Waals surface area contributed by atoms with Crippen LogP contribution in [0.2, 0.25) is 0 Å². The number of para-hydroxylation sites is 1. The number of thioether (sulfide) groups is 1. The van der Waals surface area contributed by atoms with Gasteiger partial charge in [-0.2, -0.15) is 0 Å². The van der Waals surface area contributed by atoms with Gasteiger partial charge in [-0.3, -0.25) is 18.6 Å². The normalized spacial score (nSPS) is 23.2. The molecule has 0 spiro atoms. The number of aromatic nitrogens is 4. The van der Waals surface area contributed by atoms with E-state index in [1.54, 1.807) is 4.57 Å². The molecule has 5 rings (SSSR count). The lowest BCUT2D eigenvalue weighted by atomic mass is 9.84. The van der Waals surface area contributed by atoms with Crippen molar-refractivity contribution in [2.75, 3.05) is 5.75 Å². The molecule has 2 bridgehead atoms. The van der Waals surface area contributed by atoms with E-state index in [2.05, 4.69) is 29.4 Å². The third-order valence-corrected chi connectivity index (χ3v) is 8.30. The van der Waals surface area contributed by atoms with Gasteiger partial charge in [0.2, 0.25) is 11.7 Å². The number of carbonyl (C=O) groups is 1. The maximum absolute atomic E-state index is 13.0. The van der Waals surface area contributed by atoms with Gasteiger partial charge < -0.3 is 5.32 Å². The van der Waals surface area contributed by atoms with Crippen molar-refractivity contribution in [1.82, 2.24) is 24.5 Å². The number of nitrogens with one attached hydrogen (secondary N) is 1. The SMILES string of the molecule is CCCCn1c(=O)c2ccccc2n2c(SCC(=O)NC(C)C3CC4CCC3C4)nnc12. The van der Waals surface area contributed by atoms with Crippen LogP contribution < -0.4 is 10.9 Å². The van der Waals surface area contributed by atoms with E-state index in [4.69, 9.17) is 0 Å². The van der Waals surface area contributed by atoms with Crippen LogP contribution in [0.3, 0.4) is 0 Å². The number of aryl methyl sites for hydroxylation is 1. The Morgan fingerprint density at radius 2 is 2.09 bits per heavy atom. The minimum Gasteiger partial charge on any atom is -0.353 e. The van der Waals surface area contributed by atoms with E-state index in [-0.39, 0.29) is 23.3 Å². The van der Waals surface area contributed by atoms with Gasteiger partial charge in [-0.1, -0.05) is 43.7 Å². The van der Waals surface area contributed by atoms with Crippen LogP contribution in [0.1, 0.15) is 52.4 Å². The summed E-state index contributed by atoms with van der Waals surface area (Å²) in [4.78, 5) is 25.8. The van der Waals surface area contributed by atoms with E-state index in [9.17, 15) is 9.59 Å². The predicted molar refractivity (Wildman–Crippen MR) is 127 cm³/mol. The van der Waals surface area contributed by atoms with Gasteiger partial charge in [0, 0.05) is 12.6 Å². The number of nitrogens with zero attached hydrogens (tertiary/aromatic N) is 4. The molecular formula is C24H31N5O2S. The Morgan fingerprint density at radius 1 is 1.25 bits per heavy atom. The topological polar surface area (TPSA) is 81.3 Å².